The van der Waals surface area contributed by atoms with Gasteiger partial charge in [-0.3, -0.25) is 13.9 Å². The second-order valence-corrected chi connectivity index (χ2v) is 12.1. The van der Waals surface area contributed by atoms with E-state index < -0.39 is 28.5 Å². The Balaban J connectivity index is 2.08. The third-order valence-electron chi connectivity index (χ3n) is 6.53. The number of hydrogen-bond acceptors (Lipinski definition) is 5. The average Bonchev–Trinajstić information content (AvgIpc) is 2.96. The van der Waals surface area contributed by atoms with Gasteiger partial charge in [0.05, 0.1) is 27.7 Å². The van der Waals surface area contributed by atoms with E-state index in [4.69, 9.17) is 27.9 Å². The second-order valence-electron chi connectivity index (χ2n) is 9.48. The normalized spacial score (nSPS) is 12.0. The molecule has 0 saturated heterocycles. The van der Waals surface area contributed by atoms with Crippen LogP contribution in [0, 0.1) is 6.92 Å². The van der Waals surface area contributed by atoms with Crippen molar-refractivity contribution in [3.63, 3.8) is 0 Å². The zero-order valence-corrected chi connectivity index (χ0v) is 25.9. The summed E-state index contributed by atoms with van der Waals surface area (Å²) >= 11 is 12.7. The van der Waals surface area contributed by atoms with Crippen molar-refractivity contribution in [2.24, 2.45) is 0 Å². The first-order valence-electron chi connectivity index (χ1n) is 13.3. The Kier molecular flexibility index (Phi) is 11.5. The van der Waals surface area contributed by atoms with Crippen molar-refractivity contribution in [2.75, 3.05) is 24.5 Å². The molecule has 0 aliphatic heterocycles. The van der Waals surface area contributed by atoms with E-state index in [1.54, 1.807) is 56.5 Å². The lowest BCUT2D eigenvalue weighted by molar-refractivity contribution is -0.140. The van der Waals surface area contributed by atoms with Crippen LogP contribution < -0.4 is 14.4 Å². The minimum Gasteiger partial charge on any atom is -0.497 e. The highest BCUT2D eigenvalue weighted by atomic mass is 35.5. The Morgan fingerprint density at radius 2 is 1.63 bits per heavy atom. The van der Waals surface area contributed by atoms with Crippen molar-refractivity contribution < 1.29 is 22.7 Å². The molecular formula is C30H35Cl2N3O5S. The number of anilines is 1. The zero-order valence-electron chi connectivity index (χ0n) is 23.6. The van der Waals surface area contributed by atoms with Gasteiger partial charge in [-0.25, -0.2) is 8.42 Å². The van der Waals surface area contributed by atoms with Crippen LogP contribution in [-0.4, -0.2) is 51.4 Å². The van der Waals surface area contributed by atoms with E-state index in [1.165, 1.54) is 29.2 Å². The SMILES string of the molecule is CCCNC(=O)C(CC)N(Cc1ccc(OC)cc1)C(=O)CN(c1cccc(Cl)c1Cl)S(=O)(=O)c1ccc(C)cc1. The summed E-state index contributed by atoms with van der Waals surface area (Å²) in [6.45, 7) is 5.50. The van der Waals surface area contributed by atoms with Crippen molar-refractivity contribution in [1.82, 2.24) is 10.2 Å². The molecule has 0 aliphatic carbocycles. The fourth-order valence-electron chi connectivity index (χ4n) is 4.25. The molecule has 0 bridgehead atoms. The van der Waals surface area contributed by atoms with Crippen molar-refractivity contribution >= 4 is 50.7 Å². The van der Waals surface area contributed by atoms with Crippen LogP contribution in [-0.2, 0) is 26.2 Å². The Morgan fingerprint density at radius 3 is 2.22 bits per heavy atom. The van der Waals surface area contributed by atoms with Gasteiger partial charge in [0.2, 0.25) is 11.8 Å². The Bertz CT molecular complexity index is 1450. The lowest BCUT2D eigenvalue weighted by atomic mass is 10.1. The summed E-state index contributed by atoms with van der Waals surface area (Å²) in [6.07, 6.45) is 1.05. The summed E-state index contributed by atoms with van der Waals surface area (Å²) in [5, 5.41) is 3.00. The number of amides is 2. The van der Waals surface area contributed by atoms with E-state index in [0.717, 1.165) is 21.9 Å². The number of nitrogens with one attached hydrogen (secondary N) is 1. The van der Waals surface area contributed by atoms with Crippen LogP contribution in [0.3, 0.4) is 0 Å². The lowest BCUT2D eigenvalue weighted by Crippen LogP contribution is -2.52. The van der Waals surface area contributed by atoms with E-state index in [1.807, 2.05) is 13.8 Å². The van der Waals surface area contributed by atoms with Crippen molar-refractivity contribution in [3.8, 4) is 5.75 Å². The molecule has 0 aliphatic rings. The fraction of sp³-hybridized carbons (Fsp3) is 0.333. The number of carbonyl (C=O) groups is 2. The highest BCUT2D eigenvalue weighted by molar-refractivity contribution is 7.92. The van der Waals surface area contributed by atoms with Crippen LogP contribution in [0.25, 0.3) is 0 Å². The third kappa shape index (κ3) is 7.93. The van der Waals surface area contributed by atoms with E-state index in [0.29, 0.717) is 18.7 Å². The Hall–Kier alpha value is -3.27. The minimum absolute atomic E-state index is 0.00733. The van der Waals surface area contributed by atoms with Gasteiger partial charge in [0, 0.05) is 13.1 Å². The molecule has 41 heavy (non-hydrogen) atoms. The first-order valence-corrected chi connectivity index (χ1v) is 15.5. The largest absolute Gasteiger partial charge is 0.497 e. The number of sulfonamides is 1. The Morgan fingerprint density at radius 1 is 0.976 bits per heavy atom. The van der Waals surface area contributed by atoms with Crippen LogP contribution in [0.4, 0.5) is 5.69 Å². The first kappa shape index (κ1) is 32.2. The fourth-order valence-corrected chi connectivity index (χ4v) is 6.12. The van der Waals surface area contributed by atoms with Gasteiger partial charge in [-0.05, 0) is 61.7 Å². The maximum atomic E-state index is 14.1. The van der Waals surface area contributed by atoms with E-state index in [-0.39, 0.29) is 33.1 Å². The number of benzene rings is 3. The average molecular weight is 621 g/mol. The van der Waals surface area contributed by atoms with Gasteiger partial charge in [-0.1, -0.05) is 72.9 Å². The molecule has 1 atom stereocenters. The summed E-state index contributed by atoms with van der Waals surface area (Å²) in [4.78, 5) is 28.7. The topological polar surface area (TPSA) is 96.0 Å². The summed E-state index contributed by atoms with van der Waals surface area (Å²) in [5.41, 5.74) is 1.68. The maximum absolute atomic E-state index is 14.1. The minimum atomic E-state index is -4.26. The molecule has 3 aromatic rings. The van der Waals surface area contributed by atoms with Gasteiger partial charge in [0.1, 0.15) is 18.3 Å². The number of hydrogen-bond donors (Lipinski definition) is 1. The van der Waals surface area contributed by atoms with E-state index >= 15 is 0 Å². The monoisotopic (exact) mass is 619 g/mol. The molecule has 8 nitrogen and oxygen atoms in total. The maximum Gasteiger partial charge on any atom is 0.264 e. The number of rotatable bonds is 13. The molecule has 0 aromatic heterocycles. The standard InChI is InChI=1S/C30H35Cl2N3O5S/c1-5-18-33-30(37)26(6-2)34(19-22-12-14-23(40-4)15-13-22)28(36)20-35(27-9-7-8-25(31)29(27)32)41(38,39)24-16-10-21(3)11-17-24/h7-17,26H,5-6,18-20H2,1-4H3,(H,33,37). The van der Waals surface area contributed by atoms with Gasteiger partial charge < -0.3 is 15.0 Å². The molecule has 2 amide bonds. The van der Waals surface area contributed by atoms with Crippen LogP contribution in [0.1, 0.15) is 37.8 Å². The first-order chi connectivity index (χ1) is 19.5. The van der Waals surface area contributed by atoms with Gasteiger partial charge in [-0.2, -0.15) is 0 Å². The molecule has 0 heterocycles. The molecular weight excluding hydrogens is 585 g/mol. The van der Waals surface area contributed by atoms with Crippen LogP contribution in [0.2, 0.25) is 10.0 Å². The van der Waals surface area contributed by atoms with Gasteiger partial charge >= 0.3 is 0 Å². The number of ether oxygens (including phenoxy) is 1. The third-order valence-corrected chi connectivity index (χ3v) is 9.12. The molecule has 1 N–H and O–H groups in total. The van der Waals surface area contributed by atoms with Gasteiger partial charge in [0.25, 0.3) is 10.0 Å². The number of methoxy groups -OCH3 is 1. The number of aryl methyl sites for hydroxylation is 1. The summed E-state index contributed by atoms with van der Waals surface area (Å²) in [7, 11) is -2.71. The molecule has 0 radical (unpaired) electrons. The van der Waals surface area contributed by atoms with Crippen molar-refractivity contribution in [1.29, 1.82) is 0 Å². The quantitative estimate of drug-likeness (QED) is 0.259. The summed E-state index contributed by atoms with van der Waals surface area (Å²) in [6, 6.07) is 17.2. The van der Waals surface area contributed by atoms with E-state index in [2.05, 4.69) is 5.32 Å². The number of nitrogens with zero attached hydrogens (tertiary/aromatic N) is 2. The predicted octanol–water partition coefficient (Wildman–Crippen LogP) is 5.84. The van der Waals surface area contributed by atoms with Gasteiger partial charge in [-0.15, -0.1) is 0 Å². The molecule has 3 aromatic carbocycles. The highest BCUT2D eigenvalue weighted by Crippen LogP contribution is 2.35. The molecule has 0 saturated carbocycles. The number of carbonyl (C=O) groups excluding carboxylic acids is 2. The second kappa shape index (κ2) is 14.6. The van der Waals surface area contributed by atoms with Crippen LogP contribution in [0.15, 0.2) is 71.6 Å². The molecule has 1 unspecified atom stereocenters. The van der Waals surface area contributed by atoms with Crippen LogP contribution >= 0.6 is 23.2 Å². The summed E-state index contributed by atoms with van der Waals surface area (Å²) in [5.74, 6) is -0.249. The zero-order chi connectivity index (χ0) is 30.2. The Labute approximate surface area is 252 Å². The molecule has 3 rings (SSSR count). The smallest absolute Gasteiger partial charge is 0.264 e. The van der Waals surface area contributed by atoms with Crippen molar-refractivity contribution in [3.05, 3.63) is 87.9 Å². The molecule has 0 fully saturated rings. The van der Waals surface area contributed by atoms with Crippen LogP contribution in [0.5, 0.6) is 5.75 Å². The lowest BCUT2D eigenvalue weighted by Gasteiger charge is -2.33. The predicted molar refractivity (Wildman–Crippen MR) is 163 cm³/mol. The number of halogens is 2. The summed E-state index contributed by atoms with van der Waals surface area (Å²) < 4.78 is 34.1. The van der Waals surface area contributed by atoms with E-state index in [9.17, 15) is 18.0 Å². The van der Waals surface area contributed by atoms with Crippen molar-refractivity contribution in [2.45, 2.75) is 51.1 Å². The molecule has 220 valence electrons. The highest BCUT2D eigenvalue weighted by Gasteiger charge is 2.34. The molecule has 0 spiro atoms. The molecule has 11 heteroatoms. The van der Waals surface area contributed by atoms with Gasteiger partial charge in [0.15, 0.2) is 0 Å².